The van der Waals surface area contributed by atoms with E-state index in [-0.39, 0.29) is 12.6 Å². The number of halogens is 3. The second-order valence-corrected chi connectivity index (χ2v) is 6.77. The minimum Gasteiger partial charge on any atom is -0.497 e. The second kappa shape index (κ2) is 7.88. The van der Waals surface area contributed by atoms with Gasteiger partial charge < -0.3 is 14.9 Å². The summed E-state index contributed by atoms with van der Waals surface area (Å²) in [5, 5.41) is 20.6. The first-order valence-electron chi connectivity index (χ1n) is 8.69. The van der Waals surface area contributed by atoms with Crippen molar-refractivity contribution in [2.24, 2.45) is 0 Å². The summed E-state index contributed by atoms with van der Waals surface area (Å²) >= 11 is 0. The molecule has 0 aromatic heterocycles. The largest absolute Gasteiger partial charge is 0.497 e. The molecule has 0 bridgehead atoms. The third kappa shape index (κ3) is 4.61. The number of ether oxygens (including phenoxy) is 1. The van der Waals surface area contributed by atoms with Crippen LogP contribution in [0.4, 0.5) is 13.2 Å². The zero-order chi connectivity index (χ0) is 19.6. The maximum Gasteiger partial charge on any atom is 0.416 e. The predicted molar refractivity (Wildman–Crippen MR) is 94.3 cm³/mol. The van der Waals surface area contributed by atoms with Crippen molar-refractivity contribution in [1.29, 1.82) is 0 Å². The van der Waals surface area contributed by atoms with E-state index >= 15 is 0 Å². The minimum atomic E-state index is -4.42. The second-order valence-electron chi connectivity index (χ2n) is 6.77. The fraction of sp³-hybridized carbons (Fsp3) is 0.400. The number of β-amino-alcohol motifs (C(OH)–C–C–N with tert-alkyl or cyclic N) is 2. The van der Waals surface area contributed by atoms with Crippen LogP contribution in [0.25, 0.3) is 0 Å². The average molecular weight is 381 g/mol. The van der Waals surface area contributed by atoms with Crippen molar-refractivity contribution >= 4 is 0 Å². The van der Waals surface area contributed by atoms with Crippen LogP contribution >= 0.6 is 0 Å². The van der Waals surface area contributed by atoms with E-state index in [0.29, 0.717) is 29.8 Å². The van der Waals surface area contributed by atoms with Crippen molar-refractivity contribution in [3.8, 4) is 5.75 Å². The highest BCUT2D eigenvalue weighted by molar-refractivity contribution is 5.31. The summed E-state index contributed by atoms with van der Waals surface area (Å²) in [7, 11) is 1.53. The van der Waals surface area contributed by atoms with E-state index in [1.807, 2.05) is 4.90 Å². The lowest BCUT2D eigenvalue weighted by Gasteiger charge is -2.27. The van der Waals surface area contributed by atoms with Gasteiger partial charge in [0, 0.05) is 19.1 Å². The molecular formula is C20H22F3NO3. The number of likely N-dealkylation sites (tertiary alicyclic amines) is 1. The first-order valence-corrected chi connectivity index (χ1v) is 8.69. The molecular weight excluding hydrogens is 359 g/mol. The lowest BCUT2D eigenvalue weighted by Crippen LogP contribution is -2.29. The van der Waals surface area contributed by atoms with Crippen LogP contribution in [0.2, 0.25) is 0 Å². The van der Waals surface area contributed by atoms with Crippen LogP contribution in [0.3, 0.4) is 0 Å². The molecule has 0 saturated carbocycles. The molecule has 0 spiro atoms. The third-order valence-electron chi connectivity index (χ3n) is 4.87. The molecule has 0 radical (unpaired) electrons. The van der Waals surface area contributed by atoms with E-state index in [1.54, 1.807) is 30.3 Å². The number of hydrogen-bond acceptors (Lipinski definition) is 4. The molecule has 2 aromatic carbocycles. The van der Waals surface area contributed by atoms with Crippen molar-refractivity contribution in [2.75, 3.05) is 20.2 Å². The van der Waals surface area contributed by atoms with Gasteiger partial charge in [0.2, 0.25) is 0 Å². The van der Waals surface area contributed by atoms with Gasteiger partial charge >= 0.3 is 6.18 Å². The van der Waals surface area contributed by atoms with Crippen LogP contribution in [-0.2, 0) is 6.18 Å². The predicted octanol–water partition coefficient (Wildman–Crippen LogP) is 3.56. The van der Waals surface area contributed by atoms with Crippen LogP contribution in [0.5, 0.6) is 5.75 Å². The van der Waals surface area contributed by atoms with Gasteiger partial charge in [0.25, 0.3) is 0 Å². The zero-order valence-electron chi connectivity index (χ0n) is 14.9. The minimum absolute atomic E-state index is 0.200. The average Bonchev–Trinajstić information content (AvgIpc) is 3.01. The number of hydrogen-bond donors (Lipinski definition) is 2. The molecule has 4 nitrogen and oxygen atoms in total. The summed E-state index contributed by atoms with van der Waals surface area (Å²) in [4.78, 5) is 1.82. The van der Waals surface area contributed by atoms with Crippen LogP contribution < -0.4 is 4.74 Å². The van der Waals surface area contributed by atoms with E-state index in [9.17, 15) is 23.4 Å². The van der Waals surface area contributed by atoms with Crippen molar-refractivity contribution in [2.45, 2.75) is 30.8 Å². The highest BCUT2D eigenvalue weighted by atomic mass is 19.4. The quantitative estimate of drug-likeness (QED) is 0.832. The summed E-state index contributed by atoms with van der Waals surface area (Å²) in [5.74, 6) is 0.613. The molecule has 0 aliphatic carbocycles. The Labute approximate surface area is 155 Å². The van der Waals surface area contributed by atoms with Crippen LogP contribution in [0.15, 0.2) is 48.5 Å². The van der Waals surface area contributed by atoms with E-state index in [4.69, 9.17) is 4.74 Å². The van der Waals surface area contributed by atoms with E-state index in [1.165, 1.54) is 13.2 Å². The standard InChI is InChI=1S/C20H22F3NO3/c1-27-17-7-3-5-14(9-17)19(26)12-24-11-16(25)10-18(24)13-4-2-6-15(8-13)20(21,22)23/h2-9,16,18-19,25-26H,10-12H2,1H3/t16-,18-,19-/m1/s1. The molecule has 2 N–H and O–H groups in total. The Morgan fingerprint density at radius 2 is 1.93 bits per heavy atom. The Morgan fingerprint density at radius 3 is 2.63 bits per heavy atom. The third-order valence-corrected chi connectivity index (χ3v) is 4.87. The topological polar surface area (TPSA) is 52.9 Å². The van der Waals surface area contributed by atoms with Crippen LogP contribution in [0.1, 0.15) is 35.3 Å². The Hall–Kier alpha value is -2.09. The van der Waals surface area contributed by atoms with E-state index < -0.39 is 23.9 Å². The Morgan fingerprint density at radius 1 is 1.19 bits per heavy atom. The van der Waals surface area contributed by atoms with E-state index in [2.05, 4.69) is 0 Å². The maximum absolute atomic E-state index is 13.0. The maximum atomic E-state index is 13.0. The fourth-order valence-electron chi connectivity index (χ4n) is 3.53. The van der Waals surface area contributed by atoms with Crippen molar-refractivity contribution in [1.82, 2.24) is 4.90 Å². The van der Waals surface area contributed by atoms with Gasteiger partial charge in [0.05, 0.1) is 24.9 Å². The molecule has 1 fully saturated rings. The molecule has 1 aliphatic rings. The molecule has 3 rings (SSSR count). The Bertz CT molecular complexity index is 781. The summed E-state index contributed by atoms with van der Waals surface area (Å²) < 4.78 is 44.2. The van der Waals surface area contributed by atoms with Crippen molar-refractivity contribution < 1.29 is 28.1 Å². The lowest BCUT2D eigenvalue weighted by atomic mass is 10.0. The van der Waals surface area contributed by atoms with Crippen molar-refractivity contribution in [3.63, 3.8) is 0 Å². The molecule has 27 heavy (non-hydrogen) atoms. The lowest BCUT2D eigenvalue weighted by molar-refractivity contribution is -0.137. The summed E-state index contributed by atoms with van der Waals surface area (Å²) in [6.45, 7) is 0.493. The van der Waals surface area contributed by atoms with Gasteiger partial charge in [-0.05, 0) is 41.8 Å². The highest BCUT2D eigenvalue weighted by Crippen LogP contribution is 2.37. The number of benzene rings is 2. The number of nitrogens with zero attached hydrogens (tertiary/aromatic N) is 1. The number of aliphatic hydroxyl groups excluding tert-OH is 2. The first kappa shape index (κ1) is 19.7. The Balaban J connectivity index is 1.80. The highest BCUT2D eigenvalue weighted by Gasteiger charge is 2.36. The molecule has 0 unspecified atom stereocenters. The smallest absolute Gasteiger partial charge is 0.416 e. The van der Waals surface area contributed by atoms with Crippen LogP contribution in [-0.4, -0.2) is 41.4 Å². The summed E-state index contributed by atoms with van der Waals surface area (Å²) in [5.41, 5.74) is 0.424. The molecule has 1 heterocycles. The molecule has 0 amide bonds. The number of methoxy groups -OCH3 is 1. The SMILES string of the molecule is COc1cccc([C@H](O)CN2C[C@H](O)C[C@@H]2c2cccc(C(F)(F)F)c2)c1. The van der Waals surface area contributed by atoms with Gasteiger partial charge in [-0.2, -0.15) is 13.2 Å². The molecule has 146 valence electrons. The van der Waals surface area contributed by atoms with Gasteiger partial charge in [-0.15, -0.1) is 0 Å². The monoisotopic (exact) mass is 381 g/mol. The molecule has 7 heteroatoms. The molecule has 1 aliphatic heterocycles. The van der Waals surface area contributed by atoms with Gasteiger partial charge in [-0.25, -0.2) is 0 Å². The molecule has 1 saturated heterocycles. The fourth-order valence-corrected chi connectivity index (χ4v) is 3.53. The zero-order valence-corrected chi connectivity index (χ0v) is 14.9. The summed E-state index contributed by atoms with van der Waals surface area (Å²) in [6, 6.07) is 11.8. The number of alkyl halides is 3. The Kier molecular flexibility index (Phi) is 5.74. The number of aliphatic hydroxyl groups is 2. The van der Waals surface area contributed by atoms with Crippen LogP contribution in [0, 0.1) is 0 Å². The molecule has 3 atom stereocenters. The molecule has 2 aromatic rings. The first-order chi connectivity index (χ1) is 12.8. The van der Waals surface area contributed by atoms with Crippen molar-refractivity contribution in [3.05, 3.63) is 65.2 Å². The van der Waals surface area contributed by atoms with Gasteiger partial charge in [0.1, 0.15) is 5.75 Å². The normalized spacial score (nSPS) is 22.0. The summed E-state index contributed by atoms with van der Waals surface area (Å²) in [6.07, 6.45) is -5.59. The van der Waals surface area contributed by atoms with E-state index in [0.717, 1.165) is 12.1 Å². The van der Waals surface area contributed by atoms with Gasteiger partial charge in [0.15, 0.2) is 0 Å². The number of rotatable bonds is 5. The van der Waals surface area contributed by atoms with Gasteiger partial charge in [-0.1, -0.05) is 24.3 Å². The van der Waals surface area contributed by atoms with Gasteiger partial charge in [-0.3, -0.25) is 4.90 Å².